The molecule has 0 unspecified atom stereocenters. The smallest absolute Gasteiger partial charge is 0.277 e. The van der Waals surface area contributed by atoms with Crippen LogP contribution in [0.2, 0.25) is 0 Å². The molecule has 1 N–H and O–H groups in total. The molecule has 4 rings (SSSR count). The minimum absolute atomic E-state index is 0.156. The van der Waals surface area contributed by atoms with Gasteiger partial charge in [0.05, 0.1) is 23.1 Å². The molecule has 31 heavy (non-hydrogen) atoms. The summed E-state index contributed by atoms with van der Waals surface area (Å²) >= 11 is 3.25. The van der Waals surface area contributed by atoms with Gasteiger partial charge in [0.25, 0.3) is 5.91 Å². The molecule has 0 atom stereocenters. The molecular weight excluding hydrogens is 432 g/mol. The van der Waals surface area contributed by atoms with Crippen LogP contribution in [-0.4, -0.2) is 43.9 Å². The summed E-state index contributed by atoms with van der Waals surface area (Å²) in [5.41, 5.74) is 3.44. The molecule has 1 saturated heterocycles. The lowest BCUT2D eigenvalue weighted by Crippen LogP contribution is -2.29. The van der Waals surface area contributed by atoms with E-state index in [-0.39, 0.29) is 12.5 Å². The number of rotatable bonds is 8. The van der Waals surface area contributed by atoms with E-state index in [4.69, 9.17) is 14.5 Å². The summed E-state index contributed by atoms with van der Waals surface area (Å²) in [5.74, 6) is 0.743. The fourth-order valence-electron chi connectivity index (χ4n) is 3.29. The van der Waals surface area contributed by atoms with Gasteiger partial charge in [-0.2, -0.15) is 5.10 Å². The van der Waals surface area contributed by atoms with Crippen LogP contribution >= 0.6 is 22.7 Å². The van der Waals surface area contributed by atoms with E-state index in [1.807, 2.05) is 23.6 Å². The predicted octanol–water partition coefficient (Wildman–Crippen LogP) is 4.40. The number of hydrazone groups is 1. The van der Waals surface area contributed by atoms with Gasteiger partial charge in [-0.1, -0.05) is 29.5 Å². The minimum Gasteiger partial charge on any atom is -0.493 e. The first-order valence-electron chi connectivity index (χ1n) is 10.1. The van der Waals surface area contributed by atoms with Crippen molar-refractivity contribution in [1.29, 1.82) is 0 Å². The Bertz CT molecular complexity index is 1030. The number of ether oxygens (including phenoxy) is 2. The van der Waals surface area contributed by atoms with E-state index in [0.717, 1.165) is 33.7 Å². The van der Waals surface area contributed by atoms with Gasteiger partial charge in [-0.3, -0.25) is 4.79 Å². The molecule has 0 aliphatic carbocycles. The topological polar surface area (TPSA) is 76.1 Å². The maximum absolute atomic E-state index is 12.2. The highest BCUT2D eigenvalue weighted by Crippen LogP contribution is 2.35. The molecule has 9 heteroatoms. The van der Waals surface area contributed by atoms with Gasteiger partial charge in [-0.25, -0.2) is 10.4 Å². The number of piperidine rings is 1. The normalized spacial score (nSPS) is 14.0. The van der Waals surface area contributed by atoms with Crippen molar-refractivity contribution in [3.8, 4) is 22.1 Å². The second-order valence-corrected chi connectivity index (χ2v) is 8.92. The maximum atomic E-state index is 12.2. The molecule has 1 aliphatic rings. The molecule has 1 fully saturated rings. The Kier molecular flexibility index (Phi) is 7.16. The van der Waals surface area contributed by atoms with E-state index in [2.05, 4.69) is 21.5 Å². The average molecular weight is 457 g/mol. The molecule has 0 radical (unpaired) electrons. The summed E-state index contributed by atoms with van der Waals surface area (Å²) in [6.45, 7) is 1.91. The zero-order valence-corrected chi connectivity index (χ0v) is 18.9. The van der Waals surface area contributed by atoms with Crippen molar-refractivity contribution in [2.45, 2.75) is 19.3 Å². The fraction of sp³-hybridized carbons (Fsp3) is 0.318. The summed E-state index contributed by atoms with van der Waals surface area (Å²) in [6.07, 6.45) is 5.33. The van der Waals surface area contributed by atoms with Crippen LogP contribution in [0, 0.1) is 0 Å². The number of amides is 1. The number of anilines is 1. The minimum atomic E-state index is -0.347. The van der Waals surface area contributed by atoms with Gasteiger partial charge in [0.2, 0.25) is 0 Å². The first-order valence-corrected chi connectivity index (χ1v) is 11.8. The van der Waals surface area contributed by atoms with Gasteiger partial charge in [0.15, 0.2) is 23.2 Å². The Hall–Kier alpha value is -2.91. The third-order valence-corrected chi connectivity index (χ3v) is 6.75. The first kappa shape index (κ1) is 21.3. The number of para-hydroxylation sites is 2. The molecule has 0 saturated carbocycles. The molecule has 2 aromatic heterocycles. The van der Waals surface area contributed by atoms with Crippen LogP contribution in [0.15, 0.2) is 46.9 Å². The third kappa shape index (κ3) is 5.42. The quantitative estimate of drug-likeness (QED) is 0.402. The van der Waals surface area contributed by atoms with Gasteiger partial charge < -0.3 is 14.4 Å². The Labute approximate surface area is 189 Å². The van der Waals surface area contributed by atoms with Crippen molar-refractivity contribution in [3.05, 3.63) is 46.7 Å². The number of carbonyl (C=O) groups is 1. The molecule has 0 spiro atoms. The van der Waals surface area contributed by atoms with Crippen molar-refractivity contribution in [3.63, 3.8) is 0 Å². The standard InChI is InChI=1S/C22H24N4O3S2/c1-28-16-8-3-4-9-17(16)29-15-20(27)25-23-14-19-21(18-10-7-13-30-18)24-22(31-19)26-11-5-2-6-12-26/h3-4,7-10,13-14H,2,5-6,11-12,15H2,1H3,(H,25,27)/b23-14+. The molecular formula is C22H24N4O3S2. The van der Waals surface area contributed by atoms with Gasteiger partial charge in [0.1, 0.15) is 5.69 Å². The number of nitrogens with zero attached hydrogens (tertiary/aromatic N) is 3. The number of methoxy groups -OCH3 is 1. The highest BCUT2D eigenvalue weighted by atomic mass is 32.1. The summed E-state index contributed by atoms with van der Waals surface area (Å²) in [6, 6.07) is 11.3. The number of carbonyl (C=O) groups excluding carboxylic acids is 1. The average Bonchev–Trinajstić information content (AvgIpc) is 3.48. The van der Waals surface area contributed by atoms with Crippen LogP contribution in [0.3, 0.4) is 0 Å². The molecule has 3 heterocycles. The molecule has 0 bridgehead atoms. The molecule has 1 aromatic carbocycles. The SMILES string of the molecule is COc1ccccc1OCC(=O)N/N=C/c1sc(N2CCCCC2)nc1-c1cccs1. The van der Waals surface area contributed by atoms with E-state index < -0.39 is 0 Å². The van der Waals surface area contributed by atoms with Crippen LogP contribution in [0.25, 0.3) is 10.6 Å². The van der Waals surface area contributed by atoms with E-state index in [0.29, 0.717) is 11.5 Å². The highest BCUT2D eigenvalue weighted by molar-refractivity contribution is 7.18. The van der Waals surface area contributed by atoms with Crippen LogP contribution < -0.4 is 19.8 Å². The summed E-state index contributed by atoms with van der Waals surface area (Å²) in [7, 11) is 1.56. The lowest BCUT2D eigenvalue weighted by Gasteiger charge is -2.25. The van der Waals surface area contributed by atoms with Crippen molar-refractivity contribution in [2.24, 2.45) is 5.10 Å². The van der Waals surface area contributed by atoms with E-state index in [9.17, 15) is 4.79 Å². The molecule has 1 amide bonds. The number of aromatic nitrogens is 1. The Morgan fingerprint density at radius 1 is 1.19 bits per heavy atom. The van der Waals surface area contributed by atoms with E-state index in [1.165, 1.54) is 19.3 Å². The van der Waals surface area contributed by atoms with Gasteiger partial charge >= 0.3 is 0 Å². The Balaban J connectivity index is 1.41. The van der Waals surface area contributed by atoms with E-state index in [1.54, 1.807) is 48.1 Å². The molecule has 162 valence electrons. The third-order valence-electron chi connectivity index (χ3n) is 4.82. The Morgan fingerprint density at radius 3 is 2.74 bits per heavy atom. The number of thiophene rings is 1. The number of nitrogens with one attached hydrogen (secondary N) is 1. The lowest BCUT2D eigenvalue weighted by molar-refractivity contribution is -0.123. The lowest BCUT2D eigenvalue weighted by atomic mass is 10.1. The summed E-state index contributed by atoms with van der Waals surface area (Å²) in [4.78, 5) is 21.4. The zero-order chi connectivity index (χ0) is 21.5. The van der Waals surface area contributed by atoms with Crippen molar-refractivity contribution >= 4 is 39.9 Å². The number of thiazole rings is 1. The van der Waals surface area contributed by atoms with Crippen molar-refractivity contribution < 1.29 is 14.3 Å². The summed E-state index contributed by atoms with van der Waals surface area (Å²) in [5, 5.41) is 7.19. The molecule has 3 aromatic rings. The monoisotopic (exact) mass is 456 g/mol. The predicted molar refractivity (Wildman–Crippen MR) is 126 cm³/mol. The van der Waals surface area contributed by atoms with Gasteiger partial charge in [-0.15, -0.1) is 11.3 Å². The maximum Gasteiger partial charge on any atom is 0.277 e. The van der Waals surface area contributed by atoms with Crippen molar-refractivity contribution in [2.75, 3.05) is 31.7 Å². The van der Waals surface area contributed by atoms with Crippen LogP contribution in [-0.2, 0) is 4.79 Å². The largest absolute Gasteiger partial charge is 0.493 e. The summed E-state index contributed by atoms with van der Waals surface area (Å²) < 4.78 is 10.8. The van der Waals surface area contributed by atoms with Gasteiger partial charge in [-0.05, 0) is 42.8 Å². The van der Waals surface area contributed by atoms with Gasteiger partial charge in [0, 0.05) is 13.1 Å². The van der Waals surface area contributed by atoms with Crippen LogP contribution in [0.5, 0.6) is 11.5 Å². The second-order valence-electron chi connectivity index (χ2n) is 6.97. The van der Waals surface area contributed by atoms with Crippen molar-refractivity contribution in [1.82, 2.24) is 10.4 Å². The first-order chi connectivity index (χ1) is 15.2. The zero-order valence-electron chi connectivity index (χ0n) is 17.2. The number of hydrogen-bond donors (Lipinski definition) is 1. The fourth-order valence-corrected chi connectivity index (χ4v) is 5.09. The van der Waals surface area contributed by atoms with Crippen LogP contribution in [0.4, 0.5) is 5.13 Å². The molecule has 7 nitrogen and oxygen atoms in total. The number of hydrogen-bond acceptors (Lipinski definition) is 8. The van der Waals surface area contributed by atoms with Crippen LogP contribution in [0.1, 0.15) is 24.1 Å². The molecule has 1 aliphatic heterocycles. The second kappa shape index (κ2) is 10.4. The Morgan fingerprint density at radius 2 is 2.00 bits per heavy atom. The number of benzene rings is 1. The highest BCUT2D eigenvalue weighted by Gasteiger charge is 2.19. The van der Waals surface area contributed by atoms with E-state index >= 15 is 0 Å².